The molecule has 0 radical (unpaired) electrons. The number of aromatic nitrogens is 1. The van der Waals surface area contributed by atoms with Crippen LogP contribution in [0.5, 0.6) is 0 Å². The second-order valence-electron chi connectivity index (χ2n) is 5.20. The fourth-order valence-electron chi connectivity index (χ4n) is 2.27. The van der Waals surface area contributed by atoms with Gasteiger partial charge in [0.15, 0.2) is 0 Å². The molecule has 0 bridgehead atoms. The topological polar surface area (TPSA) is 65.1 Å². The summed E-state index contributed by atoms with van der Waals surface area (Å²) in [5.74, 6) is -0.151. The number of benzene rings is 1. The van der Waals surface area contributed by atoms with Gasteiger partial charge in [-0.15, -0.1) is 0 Å². The van der Waals surface area contributed by atoms with Gasteiger partial charge in [0.2, 0.25) is 0 Å². The lowest BCUT2D eigenvalue weighted by Gasteiger charge is -2.28. The van der Waals surface area contributed by atoms with E-state index in [-0.39, 0.29) is 12.5 Å². The van der Waals surface area contributed by atoms with Gasteiger partial charge in [-0.25, -0.2) is 0 Å². The van der Waals surface area contributed by atoms with Crippen LogP contribution in [-0.2, 0) is 0 Å². The highest BCUT2D eigenvalue weighted by Gasteiger charge is 2.25. The highest BCUT2D eigenvalue weighted by molar-refractivity contribution is 5.98. The molecule has 0 spiro atoms. The van der Waals surface area contributed by atoms with Crippen LogP contribution < -0.4 is 5.32 Å². The monoisotopic (exact) mass is 260 g/mol. The highest BCUT2D eigenvalue weighted by Crippen LogP contribution is 2.16. The third-order valence-electron chi connectivity index (χ3n) is 3.38. The number of hydrogen-bond donors (Lipinski definition) is 3. The minimum absolute atomic E-state index is 0.0582. The number of aliphatic hydroxyl groups is 1. The number of carbonyl (C=O) groups is 1. The fraction of sp³-hybridized carbons (Fsp3) is 0.400. The van der Waals surface area contributed by atoms with Crippen molar-refractivity contribution in [3.63, 3.8) is 0 Å². The largest absolute Gasteiger partial charge is 0.394 e. The molecule has 2 aromatic rings. The molecule has 1 heterocycles. The Balaban J connectivity index is 2.18. The molecule has 1 aromatic carbocycles. The van der Waals surface area contributed by atoms with Crippen LogP contribution in [0.25, 0.3) is 10.9 Å². The molecule has 0 aliphatic carbocycles. The van der Waals surface area contributed by atoms with E-state index in [9.17, 15) is 9.90 Å². The maximum Gasteiger partial charge on any atom is 0.251 e. The smallest absolute Gasteiger partial charge is 0.251 e. The first kappa shape index (κ1) is 13.6. The minimum atomic E-state index is -0.559. The molecular formula is C15H20N2O2. The zero-order valence-corrected chi connectivity index (χ0v) is 11.4. The summed E-state index contributed by atoms with van der Waals surface area (Å²) in [4.78, 5) is 15.3. The number of hydrogen-bond acceptors (Lipinski definition) is 2. The van der Waals surface area contributed by atoms with E-state index in [4.69, 9.17) is 0 Å². The van der Waals surface area contributed by atoms with Crippen molar-refractivity contribution >= 4 is 16.8 Å². The lowest BCUT2D eigenvalue weighted by atomic mass is 9.96. The van der Waals surface area contributed by atoms with E-state index in [1.54, 1.807) is 6.07 Å². The van der Waals surface area contributed by atoms with Crippen molar-refractivity contribution in [1.29, 1.82) is 0 Å². The van der Waals surface area contributed by atoms with Gasteiger partial charge in [-0.1, -0.05) is 19.4 Å². The standard InChI is InChI=1S/C15H20N2O2/c1-3-7-15(2,10-18)17-14(19)12-5-4-11-6-8-16-13(11)9-12/h4-6,8-9,16,18H,3,7,10H2,1-2H3,(H,17,19). The summed E-state index contributed by atoms with van der Waals surface area (Å²) >= 11 is 0. The van der Waals surface area contributed by atoms with Gasteiger partial charge in [0, 0.05) is 17.3 Å². The summed E-state index contributed by atoms with van der Waals surface area (Å²) in [6, 6.07) is 7.51. The van der Waals surface area contributed by atoms with Crippen molar-refractivity contribution in [1.82, 2.24) is 10.3 Å². The molecular weight excluding hydrogens is 240 g/mol. The van der Waals surface area contributed by atoms with E-state index in [2.05, 4.69) is 10.3 Å². The third kappa shape index (κ3) is 2.96. The summed E-state index contributed by atoms with van der Waals surface area (Å²) < 4.78 is 0. The van der Waals surface area contributed by atoms with Crippen LogP contribution in [0.1, 0.15) is 37.0 Å². The van der Waals surface area contributed by atoms with Gasteiger partial charge in [0.05, 0.1) is 12.1 Å². The van der Waals surface area contributed by atoms with Crippen molar-refractivity contribution in [2.75, 3.05) is 6.61 Å². The summed E-state index contributed by atoms with van der Waals surface area (Å²) in [6.45, 7) is 3.84. The Morgan fingerprint density at radius 2 is 2.21 bits per heavy atom. The Bertz CT molecular complexity index is 576. The van der Waals surface area contributed by atoms with Crippen LogP contribution in [0, 0.1) is 0 Å². The van der Waals surface area contributed by atoms with Crippen molar-refractivity contribution in [3.05, 3.63) is 36.0 Å². The summed E-state index contributed by atoms with van der Waals surface area (Å²) in [7, 11) is 0. The van der Waals surface area contributed by atoms with Gasteiger partial charge in [0.1, 0.15) is 0 Å². The zero-order valence-electron chi connectivity index (χ0n) is 11.4. The van der Waals surface area contributed by atoms with E-state index < -0.39 is 5.54 Å². The number of rotatable bonds is 5. The van der Waals surface area contributed by atoms with E-state index in [0.29, 0.717) is 5.56 Å². The second-order valence-corrected chi connectivity index (χ2v) is 5.20. The van der Waals surface area contributed by atoms with E-state index >= 15 is 0 Å². The molecule has 3 N–H and O–H groups in total. The van der Waals surface area contributed by atoms with Crippen LogP contribution >= 0.6 is 0 Å². The Labute approximate surface area is 112 Å². The van der Waals surface area contributed by atoms with Crippen LogP contribution in [0.15, 0.2) is 30.5 Å². The maximum absolute atomic E-state index is 12.2. The summed E-state index contributed by atoms with van der Waals surface area (Å²) in [5.41, 5.74) is 0.982. The van der Waals surface area contributed by atoms with Gasteiger partial charge in [-0.2, -0.15) is 0 Å². The highest BCUT2D eigenvalue weighted by atomic mass is 16.3. The average Bonchev–Trinajstić information content (AvgIpc) is 2.86. The van der Waals surface area contributed by atoms with Crippen molar-refractivity contribution < 1.29 is 9.90 Å². The first-order chi connectivity index (χ1) is 9.08. The number of nitrogens with one attached hydrogen (secondary N) is 2. The maximum atomic E-state index is 12.2. The molecule has 19 heavy (non-hydrogen) atoms. The summed E-state index contributed by atoms with van der Waals surface area (Å²) in [6.07, 6.45) is 3.51. The van der Waals surface area contributed by atoms with Gasteiger partial charge < -0.3 is 15.4 Å². The average molecular weight is 260 g/mol. The number of carbonyl (C=O) groups excluding carboxylic acids is 1. The van der Waals surface area contributed by atoms with Crippen LogP contribution in [0.2, 0.25) is 0 Å². The molecule has 2 rings (SSSR count). The Kier molecular flexibility index (Phi) is 3.90. The number of fused-ring (bicyclic) bond motifs is 1. The SMILES string of the molecule is CCCC(C)(CO)NC(=O)c1ccc2cc[nH]c2c1. The predicted octanol–water partition coefficient (Wildman–Crippen LogP) is 2.45. The number of amides is 1. The molecule has 1 aromatic heterocycles. The van der Waals surface area contributed by atoms with Gasteiger partial charge in [-0.3, -0.25) is 4.79 Å². The first-order valence-electron chi connectivity index (χ1n) is 6.58. The molecule has 1 atom stereocenters. The molecule has 4 heteroatoms. The van der Waals surface area contributed by atoms with Crippen molar-refractivity contribution in [3.8, 4) is 0 Å². The Morgan fingerprint density at radius 1 is 1.42 bits per heavy atom. The van der Waals surface area contributed by atoms with Crippen LogP contribution in [0.4, 0.5) is 0 Å². The molecule has 0 aliphatic rings. The second kappa shape index (κ2) is 5.45. The van der Waals surface area contributed by atoms with Crippen LogP contribution in [-0.4, -0.2) is 28.1 Å². The minimum Gasteiger partial charge on any atom is -0.394 e. The Morgan fingerprint density at radius 3 is 2.89 bits per heavy atom. The van der Waals surface area contributed by atoms with Crippen molar-refractivity contribution in [2.45, 2.75) is 32.2 Å². The molecule has 0 fully saturated rings. The van der Waals surface area contributed by atoms with E-state index in [1.807, 2.05) is 38.2 Å². The molecule has 1 amide bonds. The molecule has 0 saturated heterocycles. The van der Waals surface area contributed by atoms with E-state index in [1.165, 1.54) is 0 Å². The predicted molar refractivity (Wildman–Crippen MR) is 76.2 cm³/mol. The molecule has 4 nitrogen and oxygen atoms in total. The quantitative estimate of drug-likeness (QED) is 0.773. The van der Waals surface area contributed by atoms with Crippen molar-refractivity contribution in [2.24, 2.45) is 0 Å². The molecule has 0 aliphatic heterocycles. The fourth-order valence-corrected chi connectivity index (χ4v) is 2.27. The molecule has 0 saturated carbocycles. The van der Waals surface area contributed by atoms with Gasteiger partial charge in [-0.05, 0) is 36.9 Å². The lowest BCUT2D eigenvalue weighted by molar-refractivity contribution is 0.0841. The first-order valence-corrected chi connectivity index (χ1v) is 6.58. The lowest BCUT2D eigenvalue weighted by Crippen LogP contribution is -2.48. The van der Waals surface area contributed by atoms with Gasteiger partial charge in [0.25, 0.3) is 5.91 Å². The summed E-state index contributed by atoms with van der Waals surface area (Å²) in [5, 5.41) is 13.4. The van der Waals surface area contributed by atoms with E-state index in [0.717, 1.165) is 23.7 Å². The Hall–Kier alpha value is -1.81. The third-order valence-corrected chi connectivity index (χ3v) is 3.38. The molecule has 1 unspecified atom stereocenters. The zero-order chi connectivity index (χ0) is 13.9. The molecule has 102 valence electrons. The van der Waals surface area contributed by atoms with Crippen LogP contribution in [0.3, 0.4) is 0 Å². The number of aliphatic hydroxyl groups excluding tert-OH is 1. The normalized spacial score (nSPS) is 14.3. The van der Waals surface area contributed by atoms with Gasteiger partial charge >= 0.3 is 0 Å². The number of aromatic amines is 1. The number of H-pyrrole nitrogens is 1.